The highest BCUT2D eigenvalue weighted by atomic mass is 35.5. The molecular weight excluding hydrogens is 278 g/mol. The molecule has 18 heavy (non-hydrogen) atoms. The Hall–Kier alpha value is -0.630. The van der Waals surface area contributed by atoms with E-state index in [-0.39, 0.29) is 16.7 Å². The number of aryl methyl sites for hydroxylation is 1. The van der Waals surface area contributed by atoms with Gasteiger partial charge in [0.15, 0.2) is 5.03 Å². The molecule has 0 aliphatic carbocycles. The van der Waals surface area contributed by atoms with E-state index in [0.29, 0.717) is 6.54 Å². The lowest BCUT2D eigenvalue weighted by molar-refractivity contribution is 0.282. The smallest absolute Gasteiger partial charge is 0.259 e. The number of unbranched alkanes of at least 4 members (excludes halogenated alkanes) is 3. The summed E-state index contributed by atoms with van der Waals surface area (Å²) in [6.07, 6.45) is 4.55. The zero-order chi connectivity index (χ0) is 13.6. The van der Waals surface area contributed by atoms with Crippen LogP contribution in [0.2, 0.25) is 5.02 Å². The van der Waals surface area contributed by atoms with Crippen molar-refractivity contribution in [2.75, 3.05) is 13.2 Å². The highest BCUT2D eigenvalue weighted by Crippen LogP contribution is 2.19. The van der Waals surface area contributed by atoms with Crippen LogP contribution >= 0.6 is 11.6 Å². The molecule has 1 aromatic rings. The van der Waals surface area contributed by atoms with Crippen molar-refractivity contribution in [1.82, 2.24) is 14.5 Å². The summed E-state index contributed by atoms with van der Waals surface area (Å²) in [7, 11) is -2.07. The third kappa shape index (κ3) is 4.24. The zero-order valence-corrected chi connectivity index (χ0v) is 11.8. The van der Waals surface area contributed by atoms with Crippen LogP contribution in [0.4, 0.5) is 0 Å². The number of sulfonamides is 1. The molecule has 1 heterocycles. The Balaban J connectivity index is 2.46. The van der Waals surface area contributed by atoms with Gasteiger partial charge in [0.1, 0.15) is 0 Å². The number of aliphatic hydroxyl groups is 1. The molecule has 0 amide bonds. The predicted octanol–water partition coefficient (Wildman–Crippen LogP) is 0.905. The van der Waals surface area contributed by atoms with E-state index >= 15 is 0 Å². The SMILES string of the molecule is Cn1ncc(Cl)c1S(=O)(=O)NCCCCCCO. The number of hydrogen-bond acceptors (Lipinski definition) is 4. The summed E-state index contributed by atoms with van der Waals surface area (Å²) < 4.78 is 27.6. The van der Waals surface area contributed by atoms with Crippen LogP contribution in [0.25, 0.3) is 0 Å². The van der Waals surface area contributed by atoms with E-state index in [1.165, 1.54) is 17.9 Å². The molecule has 0 bridgehead atoms. The van der Waals surface area contributed by atoms with Gasteiger partial charge < -0.3 is 5.11 Å². The fourth-order valence-electron chi connectivity index (χ4n) is 1.57. The maximum Gasteiger partial charge on any atom is 0.259 e. The van der Waals surface area contributed by atoms with E-state index in [9.17, 15) is 8.42 Å². The molecule has 0 fully saturated rings. The number of aliphatic hydroxyl groups excluding tert-OH is 1. The Morgan fingerprint density at radius 1 is 1.39 bits per heavy atom. The third-order valence-electron chi connectivity index (χ3n) is 2.47. The molecule has 104 valence electrons. The molecule has 0 atom stereocenters. The average molecular weight is 296 g/mol. The lowest BCUT2D eigenvalue weighted by Gasteiger charge is -2.07. The number of halogens is 1. The van der Waals surface area contributed by atoms with E-state index in [1.54, 1.807) is 0 Å². The Kier molecular flexibility index (Phi) is 6.07. The van der Waals surface area contributed by atoms with Crippen LogP contribution in [0.1, 0.15) is 25.7 Å². The van der Waals surface area contributed by atoms with Gasteiger partial charge in [0.2, 0.25) is 0 Å². The summed E-state index contributed by atoms with van der Waals surface area (Å²) in [4.78, 5) is 0. The molecule has 1 rings (SSSR count). The molecule has 0 aromatic carbocycles. The van der Waals surface area contributed by atoms with Crippen molar-refractivity contribution >= 4 is 21.6 Å². The summed E-state index contributed by atoms with van der Waals surface area (Å²) >= 11 is 5.78. The van der Waals surface area contributed by atoms with Gasteiger partial charge in [0.25, 0.3) is 10.0 Å². The second kappa shape index (κ2) is 7.08. The van der Waals surface area contributed by atoms with Crippen LogP contribution in [0, 0.1) is 0 Å². The van der Waals surface area contributed by atoms with Gasteiger partial charge in [-0.05, 0) is 12.8 Å². The number of rotatable bonds is 8. The third-order valence-corrected chi connectivity index (χ3v) is 4.44. The minimum atomic E-state index is -3.60. The Labute approximate surface area is 112 Å². The molecule has 8 heteroatoms. The van der Waals surface area contributed by atoms with Crippen molar-refractivity contribution in [3.8, 4) is 0 Å². The topological polar surface area (TPSA) is 84.2 Å². The van der Waals surface area contributed by atoms with Crippen molar-refractivity contribution in [2.45, 2.75) is 30.7 Å². The Morgan fingerprint density at radius 2 is 2.06 bits per heavy atom. The van der Waals surface area contributed by atoms with Crippen molar-refractivity contribution < 1.29 is 13.5 Å². The van der Waals surface area contributed by atoms with E-state index in [1.807, 2.05) is 0 Å². The maximum atomic E-state index is 11.9. The van der Waals surface area contributed by atoms with Gasteiger partial charge in [0.05, 0.1) is 11.2 Å². The van der Waals surface area contributed by atoms with Crippen LogP contribution < -0.4 is 4.72 Å². The minimum absolute atomic E-state index is 0.0143. The fraction of sp³-hybridized carbons (Fsp3) is 0.700. The molecule has 0 spiro atoms. The van der Waals surface area contributed by atoms with E-state index < -0.39 is 10.0 Å². The monoisotopic (exact) mass is 295 g/mol. The van der Waals surface area contributed by atoms with Gasteiger partial charge >= 0.3 is 0 Å². The Morgan fingerprint density at radius 3 is 2.61 bits per heavy atom. The van der Waals surface area contributed by atoms with Gasteiger partial charge in [-0.3, -0.25) is 4.68 Å². The van der Waals surface area contributed by atoms with Crippen LogP contribution in [-0.4, -0.2) is 36.5 Å². The van der Waals surface area contributed by atoms with Gasteiger partial charge in [-0.25, -0.2) is 13.1 Å². The number of aromatic nitrogens is 2. The minimum Gasteiger partial charge on any atom is -0.396 e. The van der Waals surface area contributed by atoms with Gasteiger partial charge in [-0.2, -0.15) is 5.10 Å². The molecule has 6 nitrogen and oxygen atoms in total. The van der Waals surface area contributed by atoms with Crippen LogP contribution in [-0.2, 0) is 17.1 Å². The molecule has 0 saturated carbocycles. The van der Waals surface area contributed by atoms with Crippen LogP contribution in [0.15, 0.2) is 11.2 Å². The van der Waals surface area contributed by atoms with Crippen LogP contribution in [0.3, 0.4) is 0 Å². The quantitative estimate of drug-likeness (QED) is 0.698. The number of nitrogens with zero attached hydrogens (tertiary/aromatic N) is 2. The van der Waals surface area contributed by atoms with Crippen molar-refractivity contribution in [1.29, 1.82) is 0 Å². The second-order valence-electron chi connectivity index (χ2n) is 3.96. The summed E-state index contributed by atoms with van der Waals surface area (Å²) in [6, 6.07) is 0. The fourth-order valence-corrected chi connectivity index (χ4v) is 3.29. The normalized spacial score (nSPS) is 11.9. The predicted molar refractivity (Wildman–Crippen MR) is 69.0 cm³/mol. The van der Waals surface area contributed by atoms with Gasteiger partial charge in [-0.1, -0.05) is 24.4 Å². The number of hydrogen-bond donors (Lipinski definition) is 2. The van der Waals surface area contributed by atoms with Crippen molar-refractivity contribution in [2.24, 2.45) is 7.05 Å². The summed E-state index contributed by atoms with van der Waals surface area (Å²) in [6.45, 7) is 0.533. The zero-order valence-electron chi connectivity index (χ0n) is 10.3. The van der Waals surface area contributed by atoms with Crippen molar-refractivity contribution in [3.05, 3.63) is 11.2 Å². The summed E-state index contributed by atoms with van der Waals surface area (Å²) in [5.41, 5.74) is 0. The largest absolute Gasteiger partial charge is 0.396 e. The molecule has 2 N–H and O–H groups in total. The first-order chi connectivity index (χ1) is 8.49. The van der Waals surface area contributed by atoms with Gasteiger partial charge in [0, 0.05) is 20.2 Å². The van der Waals surface area contributed by atoms with E-state index in [2.05, 4.69) is 9.82 Å². The lowest BCUT2D eigenvalue weighted by atomic mass is 10.2. The summed E-state index contributed by atoms with van der Waals surface area (Å²) in [5, 5.41) is 12.5. The molecule has 0 radical (unpaired) electrons. The number of nitrogens with one attached hydrogen (secondary N) is 1. The molecule has 0 unspecified atom stereocenters. The molecule has 0 saturated heterocycles. The highest BCUT2D eigenvalue weighted by molar-refractivity contribution is 7.89. The first-order valence-corrected chi connectivity index (χ1v) is 7.63. The molecular formula is C10H18ClN3O3S. The van der Waals surface area contributed by atoms with Crippen molar-refractivity contribution in [3.63, 3.8) is 0 Å². The lowest BCUT2D eigenvalue weighted by Crippen LogP contribution is -2.27. The average Bonchev–Trinajstić information content (AvgIpc) is 2.64. The summed E-state index contributed by atoms with van der Waals surface area (Å²) in [5.74, 6) is 0. The maximum absolute atomic E-state index is 11.9. The van der Waals surface area contributed by atoms with Gasteiger partial charge in [-0.15, -0.1) is 0 Å². The van der Waals surface area contributed by atoms with E-state index in [4.69, 9.17) is 16.7 Å². The molecule has 0 aliphatic rings. The molecule has 0 aliphatic heterocycles. The van der Waals surface area contributed by atoms with E-state index in [0.717, 1.165) is 25.7 Å². The first-order valence-electron chi connectivity index (χ1n) is 5.77. The highest BCUT2D eigenvalue weighted by Gasteiger charge is 2.21. The second-order valence-corrected chi connectivity index (χ2v) is 6.05. The first kappa shape index (κ1) is 15.4. The van der Waals surface area contributed by atoms with Crippen LogP contribution in [0.5, 0.6) is 0 Å². The molecule has 1 aromatic heterocycles. The Bertz CT molecular complexity index is 453. The standard InChI is InChI=1S/C10H18ClN3O3S/c1-14-10(9(11)8-12-14)18(16,17)13-6-4-2-3-5-7-15/h8,13,15H,2-7H2,1H3.